The van der Waals surface area contributed by atoms with Crippen LogP contribution in [0.4, 0.5) is 10.5 Å². The third kappa shape index (κ3) is 5.86. The highest BCUT2D eigenvalue weighted by molar-refractivity contribution is 6.61. The minimum absolute atomic E-state index is 0.111. The maximum atomic E-state index is 11.7. The summed E-state index contributed by atoms with van der Waals surface area (Å²) in [5.41, 5.74) is 6.33. The molecule has 1 aromatic rings. The summed E-state index contributed by atoms with van der Waals surface area (Å²) in [5.74, 6) is -0.466. The highest BCUT2D eigenvalue weighted by atomic mass is 16.6. The second-order valence-electron chi connectivity index (χ2n) is 6.56. The van der Waals surface area contributed by atoms with E-state index in [1.54, 1.807) is 18.2 Å². The number of hydrogen-bond donors (Lipinski definition) is 2. The summed E-state index contributed by atoms with van der Waals surface area (Å²) in [4.78, 5) is 22.2. The minimum atomic E-state index is -0.988. The normalized spacial score (nSPS) is 17.5. The summed E-state index contributed by atoms with van der Waals surface area (Å²) in [5, 5.41) is 2.64. The Labute approximate surface area is 142 Å². The minimum Gasteiger partial charge on any atom is -0.440 e. The second kappa shape index (κ2) is 8.16. The number of ether oxygens (including phenoxy) is 1. The van der Waals surface area contributed by atoms with Crippen molar-refractivity contribution in [2.24, 2.45) is 11.1 Å². The molecule has 0 spiro atoms. The Morgan fingerprint density at radius 1 is 1.38 bits per heavy atom. The van der Waals surface area contributed by atoms with Gasteiger partial charge in [0.15, 0.2) is 6.61 Å². The molecule has 1 aliphatic heterocycles. The molecule has 2 amide bonds. The summed E-state index contributed by atoms with van der Waals surface area (Å²) in [6.45, 7) is 5.14. The summed E-state index contributed by atoms with van der Waals surface area (Å²) in [7, 11) is -0.469. The molecule has 0 atom stereocenters. The number of benzene rings is 1. The molecular weight excluding hydrogens is 311 g/mol. The molecule has 1 saturated heterocycles. The zero-order valence-electron chi connectivity index (χ0n) is 14.0. The smallest absolute Gasteiger partial charge is 0.440 e. The molecule has 24 heavy (non-hydrogen) atoms. The van der Waals surface area contributed by atoms with E-state index < -0.39 is 25.7 Å². The van der Waals surface area contributed by atoms with E-state index in [1.165, 1.54) is 0 Å². The second-order valence-corrected chi connectivity index (χ2v) is 6.56. The third-order valence-electron chi connectivity index (χ3n) is 3.68. The van der Waals surface area contributed by atoms with Crippen molar-refractivity contribution in [2.45, 2.75) is 26.7 Å². The number of hydrogen-bond acceptors (Lipinski definition) is 5. The van der Waals surface area contributed by atoms with Crippen molar-refractivity contribution in [1.82, 2.24) is 0 Å². The van der Waals surface area contributed by atoms with Gasteiger partial charge in [-0.1, -0.05) is 26.0 Å². The van der Waals surface area contributed by atoms with Gasteiger partial charge in [0.2, 0.25) is 0 Å². The van der Waals surface area contributed by atoms with Crippen molar-refractivity contribution in [3.63, 3.8) is 0 Å². The van der Waals surface area contributed by atoms with Gasteiger partial charge in [-0.3, -0.25) is 4.79 Å². The van der Waals surface area contributed by atoms with Crippen LogP contribution < -0.4 is 16.5 Å². The van der Waals surface area contributed by atoms with Gasteiger partial charge in [-0.25, -0.2) is 4.79 Å². The van der Waals surface area contributed by atoms with Crippen molar-refractivity contribution in [3.05, 3.63) is 24.3 Å². The molecule has 0 unspecified atom stereocenters. The van der Waals surface area contributed by atoms with Gasteiger partial charge in [-0.15, -0.1) is 0 Å². The molecule has 1 heterocycles. The lowest BCUT2D eigenvalue weighted by Crippen LogP contribution is -2.41. The molecule has 0 bridgehead atoms. The molecule has 130 valence electrons. The van der Waals surface area contributed by atoms with Gasteiger partial charge in [0.25, 0.3) is 5.91 Å². The molecule has 1 aromatic carbocycles. The van der Waals surface area contributed by atoms with Crippen LogP contribution in [0.25, 0.3) is 0 Å². The number of nitrogens with one attached hydrogen (secondary N) is 1. The first kappa shape index (κ1) is 18.3. The van der Waals surface area contributed by atoms with Crippen LogP contribution in [0.3, 0.4) is 0 Å². The van der Waals surface area contributed by atoms with Crippen LogP contribution in [0.15, 0.2) is 24.3 Å². The van der Waals surface area contributed by atoms with Gasteiger partial charge in [-0.2, -0.15) is 0 Å². The van der Waals surface area contributed by atoms with E-state index >= 15 is 0 Å². The van der Waals surface area contributed by atoms with Gasteiger partial charge in [0, 0.05) is 18.9 Å². The van der Waals surface area contributed by atoms with Crippen molar-refractivity contribution >= 4 is 30.3 Å². The molecule has 3 N–H and O–H groups in total. The van der Waals surface area contributed by atoms with Crippen LogP contribution in [0.2, 0.25) is 0 Å². The van der Waals surface area contributed by atoms with Crippen molar-refractivity contribution in [1.29, 1.82) is 0 Å². The van der Waals surface area contributed by atoms with E-state index in [1.807, 2.05) is 6.07 Å². The number of anilines is 1. The lowest BCUT2D eigenvalue weighted by atomic mass is 9.76. The number of nitrogens with two attached hydrogens (primary N) is 1. The Morgan fingerprint density at radius 2 is 2.17 bits per heavy atom. The number of primary amides is 1. The number of amides is 2. The molecule has 8 heteroatoms. The highest BCUT2D eigenvalue weighted by Crippen LogP contribution is 2.24. The predicted octanol–water partition coefficient (Wildman–Crippen LogP) is 1.27. The zero-order valence-corrected chi connectivity index (χ0v) is 14.0. The largest absolute Gasteiger partial charge is 0.493 e. The number of rotatable bonds is 4. The van der Waals surface area contributed by atoms with E-state index in [4.69, 9.17) is 15.0 Å². The van der Waals surface area contributed by atoms with E-state index in [-0.39, 0.29) is 5.41 Å². The molecular formula is C16H23BN2O5. The van der Waals surface area contributed by atoms with Gasteiger partial charge < -0.3 is 25.1 Å². The Balaban J connectivity index is 2.00. The summed E-state index contributed by atoms with van der Waals surface area (Å²) in [6.07, 6.45) is 1.04. The van der Waals surface area contributed by atoms with Gasteiger partial charge in [-0.05, 0) is 35.9 Å². The van der Waals surface area contributed by atoms with Crippen molar-refractivity contribution in [3.8, 4) is 0 Å². The molecule has 0 radical (unpaired) electrons. The molecule has 1 fully saturated rings. The lowest BCUT2D eigenvalue weighted by Gasteiger charge is -2.29. The maximum absolute atomic E-state index is 11.7. The monoisotopic (exact) mass is 334 g/mol. The van der Waals surface area contributed by atoms with Crippen LogP contribution in [0.1, 0.15) is 26.7 Å². The quantitative estimate of drug-likeness (QED) is 0.808. The van der Waals surface area contributed by atoms with E-state index in [0.29, 0.717) is 18.9 Å². The van der Waals surface area contributed by atoms with Crippen LogP contribution in [-0.4, -0.2) is 38.9 Å². The van der Waals surface area contributed by atoms with Crippen LogP contribution in [0, 0.1) is 5.41 Å². The van der Waals surface area contributed by atoms with Gasteiger partial charge >= 0.3 is 13.2 Å². The van der Waals surface area contributed by atoms with E-state index in [2.05, 4.69) is 23.9 Å². The fourth-order valence-corrected chi connectivity index (χ4v) is 2.45. The fourth-order valence-electron chi connectivity index (χ4n) is 2.45. The van der Waals surface area contributed by atoms with Crippen molar-refractivity contribution < 1.29 is 23.6 Å². The topological polar surface area (TPSA) is 99.9 Å². The molecule has 0 aliphatic carbocycles. The molecule has 0 aromatic heterocycles. The summed E-state index contributed by atoms with van der Waals surface area (Å²) >= 11 is 0. The molecule has 7 nitrogen and oxygen atoms in total. The third-order valence-corrected chi connectivity index (χ3v) is 3.68. The standard InChI is InChI=1S/C16H23BN2O5/c1-16(2)7-4-8-23-17(24-11-16)12-5-3-6-13(9-12)19-14(20)10-22-15(18)21/h3,5-6,9H,4,7-8,10-11H2,1-2H3,(H2,18,21)(H,19,20). The highest BCUT2D eigenvalue weighted by Gasteiger charge is 2.29. The van der Waals surface area contributed by atoms with Crippen LogP contribution in [0.5, 0.6) is 0 Å². The van der Waals surface area contributed by atoms with E-state index in [9.17, 15) is 9.59 Å². The summed E-state index contributed by atoms with van der Waals surface area (Å²) in [6, 6.07) is 7.20. The Kier molecular flexibility index (Phi) is 6.22. The van der Waals surface area contributed by atoms with Crippen LogP contribution in [-0.2, 0) is 18.8 Å². The van der Waals surface area contributed by atoms with Crippen molar-refractivity contribution in [2.75, 3.05) is 25.1 Å². The van der Waals surface area contributed by atoms with E-state index in [0.717, 1.165) is 18.3 Å². The first-order chi connectivity index (χ1) is 11.4. The maximum Gasteiger partial charge on any atom is 0.493 e. The Bertz CT molecular complexity index is 594. The average molecular weight is 334 g/mol. The molecule has 0 saturated carbocycles. The zero-order chi connectivity index (χ0) is 17.6. The Hall–Kier alpha value is -2.06. The Morgan fingerprint density at radius 3 is 2.92 bits per heavy atom. The molecule has 1 aliphatic rings. The lowest BCUT2D eigenvalue weighted by molar-refractivity contribution is -0.118. The first-order valence-electron chi connectivity index (χ1n) is 7.91. The van der Waals surface area contributed by atoms with Gasteiger partial charge in [0.05, 0.1) is 0 Å². The fraction of sp³-hybridized carbons (Fsp3) is 0.500. The van der Waals surface area contributed by atoms with Gasteiger partial charge in [0.1, 0.15) is 0 Å². The predicted molar refractivity (Wildman–Crippen MR) is 90.9 cm³/mol. The SMILES string of the molecule is CC1(C)CCCOB(c2cccc(NC(=O)COC(N)=O)c2)OC1. The number of carbonyl (C=O) groups is 2. The first-order valence-corrected chi connectivity index (χ1v) is 7.91. The average Bonchev–Trinajstić information content (AvgIpc) is 2.50. The number of carbonyl (C=O) groups excluding carboxylic acids is 2. The molecule has 2 rings (SSSR count). The van der Waals surface area contributed by atoms with Crippen LogP contribution >= 0.6 is 0 Å². The summed E-state index contributed by atoms with van der Waals surface area (Å²) < 4.78 is 16.1.